The van der Waals surface area contributed by atoms with Gasteiger partial charge >= 0.3 is 0 Å². The van der Waals surface area contributed by atoms with Crippen LogP contribution in [0.25, 0.3) is 64.7 Å². The molecule has 5 aromatic carbocycles. The molecular formula is C32H20OS. The summed E-state index contributed by atoms with van der Waals surface area (Å²) < 4.78 is 6.57. The number of rotatable bonds is 3. The molecule has 7 aromatic rings. The lowest BCUT2D eigenvalue weighted by molar-refractivity contribution is 0.670. The summed E-state index contributed by atoms with van der Waals surface area (Å²) in [6.07, 6.45) is 0. The van der Waals surface area contributed by atoms with E-state index in [4.69, 9.17) is 4.42 Å². The highest BCUT2D eigenvalue weighted by Gasteiger charge is 2.22. The number of thiophene rings is 1. The quantitative estimate of drug-likeness (QED) is 0.260. The smallest absolute Gasteiger partial charge is 0.144 e. The highest BCUT2D eigenvalue weighted by molar-refractivity contribution is 7.21. The number of fused-ring (bicyclic) bond motifs is 4. The van der Waals surface area contributed by atoms with Crippen LogP contribution < -0.4 is 0 Å². The molecule has 0 N–H and O–H groups in total. The molecule has 0 radical (unpaired) electrons. The van der Waals surface area contributed by atoms with E-state index in [-0.39, 0.29) is 0 Å². The minimum absolute atomic E-state index is 0.924. The lowest BCUT2D eigenvalue weighted by Crippen LogP contribution is -1.85. The van der Waals surface area contributed by atoms with E-state index in [9.17, 15) is 0 Å². The predicted octanol–water partition coefficient (Wildman–Crippen LogP) is 9.80. The Labute approximate surface area is 201 Å². The summed E-state index contributed by atoms with van der Waals surface area (Å²) in [4.78, 5) is 2.54. The first-order valence-electron chi connectivity index (χ1n) is 11.5. The van der Waals surface area contributed by atoms with Crippen molar-refractivity contribution >= 4 is 44.0 Å². The Morgan fingerprint density at radius 3 is 1.76 bits per heavy atom. The van der Waals surface area contributed by atoms with Crippen molar-refractivity contribution in [2.75, 3.05) is 0 Å². The number of hydrogen-bond donors (Lipinski definition) is 0. The molecule has 160 valence electrons. The molecule has 2 heterocycles. The molecule has 0 unspecified atom stereocenters. The van der Waals surface area contributed by atoms with Gasteiger partial charge in [-0.05, 0) is 28.8 Å². The van der Waals surface area contributed by atoms with Gasteiger partial charge in [-0.3, -0.25) is 0 Å². The Kier molecular flexibility index (Phi) is 4.39. The minimum atomic E-state index is 0.924. The molecule has 0 aliphatic carbocycles. The van der Waals surface area contributed by atoms with Gasteiger partial charge in [-0.25, -0.2) is 0 Å². The summed E-state index contributed by atoms with van der Waals surface area (Å²) in [7, 11) is 0. The van der Waals surface area contributed by atoms with Crippen LogP contribution >= 0.6 is 11.3 Å². The van der Waals surface area contributed by atoms with E-state index in [1.165, 1.54) is 42.8 Å². The van der Waals surface area contributed by atoms with Crippen molar-refractivity contribution in [1.82, 2.24) is 0 Å². The zero-order valence-electron chi connectivity index (χ0n) is 18.4. The van der Waals surface area contributed by atoms with Crippen molar-refractivity contribution in [3.63, 3.8) is 0 Å². The van der Waals surface area contributed by atoms with E-state index in [1.807, 2.05) is 17.4 Å². The van der Waals surface area contributed by atoms with Crippen molar-refractivity contribution in [3.05, 3.63) is 121 Å². The molecule has 34 heavy (non-hydrogen) atoms. The molecule has 0 bridgehead atoms. The molecule has 0 saturated heterocycles. The summed E-state index contributed by atoms with van der Waals surface area (Å²) in [5.74, 6) is 0. The van der Waals surface area contributed by atoms with Crippen LogP contribution in [0.15, 0.2) is 126 Å². The zero-order valence-corrected chi connectivity index (χ0v) is 19.2. The van der Waals surface area contributed by atoms with Gasteiger partial charge in [0.05, 0.1) is 0 Å². The van der Waals surface area contributed by atoms with Crippen LogP contribution in [0.5, 0.6) is 0 Å². The van der Waals surface area contributed by atoms with E-state index >= 15 is 0 Å². The SMILES string of the molecule is c1ccc(-c2ccc3c(oc4ccccc43)c2-c2sc(-c3ccccc3)c3ccccc23)cc1. The van der Waals surface area contributed by atoms with E-state index < -0.39 is 0 Å². The van der Waals surface area contributed by atoms with Crippen LogP contribution in [-0.2, 0) is 0 Å². The number of furan rings is 1. The van der Waals surface area contributed by atoms with Gasteiger partial charge in [0, 0.05) is 36.9 Å². The molecule has 0 fully saturated rings. The summed E-state index contributed by atoms with van der Waals surface area (Å²) >= 11 is 1.85. The van der Waals surface area contributed by atoms with Gasteiger partial charge in [0.25, 0.3) is 0 Å². The maximum absolute atomic E-state index is 6.57. The van der Waals surface area contributed by atoms with Crippen LogP contribution in [0.4, 0.5) is 0 Å². The van der Waals surface area contributed by atoms with E-state index in [0.29, 0.717) is 0 Å². The van der Waals surface area contributed by atoms with Crippen molar-refractivity contribution in [2.24, 2.45) is 0 Å². The summed E-state index contributed by atoms with van der Waals surface area (Å²) in [6.45, 7) is 0. The predicted molar refractivity (Wildman–Crippen MR) is 145 cm³/mol. The molecule has 0 spiro atoms. The Morgan fingerprint density at radius 2 is 1.03 bits per heavy atom. The Bertz CT molecular complexity index is 1790. The third-order valence-electron chi connectivity index (χ3n) is 6.52. The lowest BCUT2D eigenvalue weighted by Gasteiger charge is -2.10. The van der Waals surface area contributed by atoms with Gasteiger partial charge in [0.2, 0.25) is 0 Å². The van der Waals surface area contributed by atoms with Gasteiger partial charge in [-0.1, -0.05) is 109 Å². The fourth-order valence-corrected chi connectivity index (χ4v) is 6.29. The van der Waals surface area contributed by atoms with Crippen LogP contribution in [0.3, 0.4) is 0 Å². The van der Waals surface area contributed by atoms with E-state index in [2.05, 4.69) is 115 Å². The van der Waals surface area contributed by atoms with E-state index in [0.717, 1.165) is 21.9 Å². The van der Waals surface area contributed by atoms with Gasteiger partial charge in [0.1, 0.15) is 11.2 Å². The average Bonchev–Trinajstić information content (AvgIpc) is 3.48. The van der Waals surface area contributed by atoms with Crippen molar-refractivity contribution in [3.8, 4) is 32.0 Å². The summed E-state index contributed by atoms with van der Waals surface area (Å²) in [6, 6.07) is 42.8. The van der Waals surface area contributed by atoms with Crippen LogP contribution in [0.1, 0.15) is 0 Å². The normalized spacial score (nSPS) is 11.5. The monoisotopic (exact) mass is 452 g/mol. The first-order chi connectivity index (χ1) is 16.9. The molecule has 0 saturated carbocycles. The van der Waals surface area contributed by atoms with Crippen LogP contribution in [0.2, 0.25) is 0 Å². The molecule has 0 aliphatic heterocycles. The highest BCUT2D eigenvalue weighted by Crippen LogP contribution is 2.50. The molecule has 2 heteroatoms. The lowest BCUT2D eigenvalue weighted by atomic mass is 9.94. The molecule has 7 rings (SSSR count). The molecule has 2 aromatic heterocycles. The summed E-state index contributed by atoms with van der Waals surface area (Å²) in [5.41, 5.74) is 6.68. The van der Waals surface area contributed by atoms with Crippen molar-refractivity contribution < 1.29 is 4.42 Å². The largest absolute Gasteiger partial charge is 0.455 e. The molecule has 1 nitrogen and oxygen atoms in total. The second kappa shape index (κ2) is 7.72. The van der Waals surface area contributed by atoms with Gasteiger partial charge in [0.15, 0.2) is 0 Å². The summed E-state index contributed by atoms with van der Waals surface area (Å²) in [5, 5.41) is 4.85. The van der Waals surface area contributed by atoms with Crippen molar-refractivity contribution in [2.45, 2.75) is 0 Å². The number of hydrogen-bond acceptors (Lipinski definition) is 2. The topological polar surface area (TPSA) is 13.1 Å². The first-order valence-corrected chi connectivity index (χ1v) is 12.3. The van der Waals surface area contributed by atoms with Crippen LogP contribution in [-0.4, -0.2) is 0 Å². The second-order valence-electron chi connectivity index (χ2n) is 8.50. The van der Waals surface area contributed by atoms with Gasteiger partial charge < -0.3 is 4.42 Å². The van der Waals surface area contributed by atoms with Gasteiger partial charge in [-0.2, -0.15) is 0 Å². The third kappa shape index (κ3) is 2.93. The zero-order chi connectivity index (χ0) is 22.5. The standard InChI is InChI=1S/C32H20OS/c1-3-11-21(12-4-1)23-19-20-25-24-15-9-10-18-28(24)33-30(25)29(23)32-27-17-8-7-16-26(27)31(34-32)22-13-5-2-6-14-22/h1-20H. The Balaban J connectivity index is 1.63. The third-order valence-corrected chi connectivity index (χ3v) is 7.80. The average molecular weight is 453 g/mol. The second-order valence-corrected chi connectivity index (χ2v) is 9.52. The number of benzene rings is 5. The fraction of sp³-hybridized carbons (Fsp3) is 0. The molecular weight excluding hydrogens is 432 g/mol. The highest BCUT2D eigenvalue weighted by atomic mass is 32.1. The van der Waals surface area contributed by atoms with E-state index in [1.54, 1.807) is 0 Å². The molecule has 0 atom stereocenters. The van der Waals surface area contributed by atoms with Crippen molar-refractivity contribution in [1.29, 1.82) is 0 Å². The van der Waals surface area contributed by atoms with Gasteiger partial charge in [-0.15, -0.1) is 11.3 Å². The first kappa shape index (κ1) is 19.3. The maximum Gasteiger partial charge on any atom is 0.144 e. The Hall–Kier alpha value is -4.14. The molecule has 0 amide bonds. The van der Waals surface area contributed by atoms with Crippen LogP contribution in [0, 0.1) is 0 Å². The number of para-hydroxylation sites is 1. The fourth-order valence-electron chi connectivity index (χ4n) is 4.95. The maximum atomic E-state index is 6.57. The minimum Gasteiger partial charge on any atom is -0.455 e. The molecule has 0 aliphatic rings. The Morgan fingerprint density at radius 1 is 0.441 bits per heavy atom.